The molecule has 2 N–H and O–H groups in total. The molecular formula is C35H50ClN5O2. The van der Waals surface area contributed by atoms with Crippen molar-refractivity contribution in [2.45, 2.75) is 94.9 Å². The predicted molar refractivity (Wildman–Crippen MR) is 174 cm³/mol. The summed E-state index contributed by atoms with van der Waals surface area (Å²) in [7, 11) is 3.72. The van der Waals surface area contributed by atoms with Crippen LogP contribution in [-0.4, -0.2) is 84.5 Å². The van der Waals surface area contributed by atoms with Crippen molar-refractivity contribution in [3.8, 4) is 0 Å². The number of nitrogens with one attached hydrogen (secondary N) is 2. The number of hydrogen-bond acceptors (Lipinski definition) is 4. The Morgan fingerprint density at radius 2 is 1.72 bits per heavy atom. The first-order valence-electron chi connectivity index (χ1n) is 16.4. The standard InChI is InChI=1S/C35H50ClN5O2/c1-25-24-40(21-19-33(25)41(35(43)39(2)3)30-12-8-5-9-13-30)34(42)32(22-26-14-16-28(36)17-15-26)38-29-18-20-37-31(23-29)27-10-6-4-7-11-27/h4,6-7,10-11,14-17,25,29-33,37-38H,5,8-9,12-13,18-24H2,1-3H3/t25-,29?,31?,32-,33-/m1/s1. The van der Waals surface area contributed by atoms with Gasteiger partial charge in [0, 0.05) is 56.4 Å². The minimum absolute atomic E-state index is 0.115. The zero-order chi connectivity index (χ0) is 30.3. The van der Waals surface area contributed by atoms with Gasteiger partial charge in [0.15, 0.2) is 0 Å². The van der Waals surface area contributed by atoms with Crippen LogP contribution in [0.5, 0.6) is 0 Å². The lowest BCUT2D eigenvalue weighted by Crippen LogP contribution is -2.60. The smallest absolute Gasteiger partial charge is 0.319 e. The Bertz CT molecular complexity index is 1190. The van der Waals surface area contributed by atoms with Gasteiger partial charge in [0.2, 0.25) is 5.91 Å². The number of rotatable bonds is 8. The van der Waals surface area contributed by atoms with E-state index in [-0.39, 0.29) is 42.0 Å². The van der Waals surface area contributed by atoms with Crippen LogP contribution in [0.4, 0.5) is 4.79 Å². The van der Waals surface area contributed by atoms with Gasteiger partial charge in [-0.05, 0) is 74.2 Å². The molecule has 234 valence electrons. The molecule has 2 aromatic rings. The third kappa shape index (κ3) is 8.11. The van der Waals surface area contributed by atoms with Crippen molar-refractivity contribution in [1.29, 1.82) is 0 Å². The maximum Gasteiger partial charge on any atom is 0.319 e. The predicted octanol–water partition coefficient (Wildman–Crippen LogP) is 5.89. The summed E-state index contributed by atoms with van der Waals surface area (Å²) >= 11 is 6.19. The van der Waals surface area contributed by atoms with Crippen LogP contribution < -0.4 is 10.6 Å². The molecule has 0 spiro atoms. The van der Waals surface area contributed by atoms with E-state index in [1.54, 1.807) is 4.90 Å². The molecule has 0 aromatic heterocycles. The van der Waals surface area contributed by atoms with E-state index >= 15 is 0 Å². The fraction of sp³-hybridized carbons (Fsp3) is 0.600. The molecular weight excluding hydrogens is 558 g/mol. The SMILES string of the molecule is C[C@@H]1CN(C(=O)[C@@H](Cc2ccc(Cl)cc2)NC2CCNC(c3ccccc3)C2)CC[C@H]1N(C(=O)N(C)C)C1CCCCC1. The van der Waals surface area contributed by atoms with Gasteiger partial charge in [0.25, 0.3) is 0 Å². The molecule has 8 heteroatoms. The molecule has 2 heterocycles. The van der Waals surface area contributed by atoms with Crippen molar-refractivity contribution in [2.75, 3.05) is 33.7 Å². The lowest BCUT2D eigenvalue weighted by molar-refractivity contribution is -0.136. The molecule has 43 heavy (non-hydrogen) atoms. The molecule has 1 saturated carbocycles. The number of urea groups is 1. The van der Waals surface area contributed by atoms with E-state index in [4.69, 9.17) is 11.6 Å². The first-order valence-corrected chi connectivity index (χ1v) is 16.7. The number of amides is 3. The highest BCUT2D eigenvalue weighted by molar-refractivity contribution is 6.30. The number of benzene rings is 2. The Hall–Kier alpha value is -2.61. The molecule has 7 nitrogen and oxygen atoms in total. The summed E-state index contributed by atoms with van der Waals surface area (Å²) in [5, 5.41) is 8.18. The minimum Gasteiger partial charge on any atom is -0.341 e. The number of halogens is 1. The van der Waals surface area contributed by atoms with E-state index in [2.05, 4.69) is 57.7 Å². The summed E-state index contributed by atoms with van der Waals surface area (Å²) in [4.78, 5) is 33.7. The number of likely N-dealkylation sites (tertiary alicyclic amines) is 1. The van der Waals surface area contributed by atoms with Gasteiger partial charge in [0.05, 0.1) is 6.04 Å². The quantitative estimate of drug-likeness (QED) is 0.393. The van der Waals surface area contributed by atoms with Crippen molar-refractivity contribution in [1.82, 2.24) is 25.3 Å². The Morgan fingerprint density at radius 3 is 2.40 bits per heavy atom. The highest BCUT2D eigenvalue weighted by Gasteiger charge is 2.40. The molecule has 2 saturated heterocycles. The molecule has 2 aromatic carbocycles. The Labute approximate surface area is 263 Å². The van der Waals surface area contributed by atoms with Crippen molar-refractivity contribution in [2.24, 2.45) is 5.92 Å². The summed E-state index contributed by atoms with van der Waals surface area (Å²) in [5.41, 5.74) is 2.40. The molecule has 3 amide bonds. The fourth-order valence-electron chi connectivity index (χ4n) is 7.49. The number of nitrogens with zero attached hydrogens (tertiary/aromatic N) is 3. The second-order valence-corrected chi connectivity index (χ2v) is 13.6. The monoisotopic (exact) mass is 607 g/mol. The molecule has 2 unspecified atom stereocenters. The topological polar surface area (TPSA) is 67.9 Å². The second-order valence-electron chi connectivity index (χ2n) is 13.2. The van der Waals surface area contributed by atoms with Gasteiger partial charge in [-0.1, -0.05) is 80.3 Å². The van der Waals surface area contributed by atoms with Crippen LogP contribution in [0.1, 0.15) is 75.5 Å². The van der Waals surface area contributed by atoms with Crippen LogP contribution in [0, 0.1) is 5.92 Å². The third-order valence-corrected chi connectivity index (χ3v) is 10.0. The normalized spacial score (nSPS) is 25.6. The molecule has 3 aliphatic rings. The summed E-state index contributed by atoms with van der Waals surface area (Å²) in [6.07, 6.45) is 9.16. The van der Waals surface area contributed by atoms with E-state index in [9.17, 15) is 9.59 Å². The maximum absolute atomic E-state index is 14.3. The Balaban J connectivity index is 1.29. The zero-order valence-corrected chi connectivity index (χ0v) is 26.9. The minimum atomic E-state index is -0.317. The highest BCUT2D eigenvalue weighted by atomic mass is 35.5. The Kier molecular flexibility index (Phi) is 11.0. The number of piperidine rings is 2. The molecule has 0 radical (unpaired) electrons. The van der Waals surface area contributed by atoms with E-state index in [1.807, 2.05) is 38.4 Å². The van der Waals surface area contributed by atoms with Gasteiger partial charge in [-0.3, -0.25) is 4.79 Å². The molecule has 0 bridgehead atoms. The third-order valence-electron chi connectivity index (χ3n) is 9.79. The Morgan fingerprint density at radius 1 is 1.00 bits per heavy atom. The van der Waals surface area contributed by atoms with E-state index < -0.39 is 0 Å². The first kappa shape index (κ1) is 31.8. The van der Waals surface area contributed by atoms with Gasteiger partial charge >= 0.3 is 6.03 Å². The van der Waals surface area contributed by atoms with Gasteiger partial charge in [-0.15, -0.1) is 0 Å². The van der Waals surface area contributed by atoms with Crippen LogP contribution in [0.25, 0.3) is 0 Å². The first-order chi connectivity index (χ1) is 20.8. The van der Waals surface area contributed by atoms with Crippen LogP contribution in [-0.2, 0) is 11.2 Å². The van der Waals surface area contributed by atoms with Crippen molar-refractivity contribution >= 4 is 23.5 Å². The van der Waals surface area contributed by atoms with Gasteiger partial charge in [0.1, 0.15) is 0 Å². The number of carbonyl (C=O) groups is 2. The van der Waals surface area contributed by atoms with Crippen molar-refractivity contribution < 1.29 is 9.59 Å². The van der Waals surface area contributed by atoms with Crippen LogP contribution >= 0.6 is 11.6 Å². The summed E-state index contributed by atoms with van der Waals surface area (Å²) in [5.74, 6) is 0.374. The summed E-state index contributed by atoms with van der Waals surface area (Å²) < 4.78 is 0. The molecule has 2 aliphatic heterocycles. The molecule has 5 rings (SSSR count). The van der Waals surface area contributed by atoms with Crippen molar-refractivity contribution in [3.63, 3.8) is 0 Å². The number of hydrogen-bond donors (Lipinski definition) is 2. The van der Waals surface area contributed by atoms with Gasteiger partial charge in [-0.25, -0.2) is 4.79 Å². The fourth-order valence-corrected chi connectivity index (χ4v) is 7.62. The van der Waals surface area contributed by atoms with Crippen molar-refractivity contribution in [3.05, 3.63) is 70.7 Å². The average molecular weight is 608 g/mol. The zero-order valence-electron chi connectivity index (χ0n) is 26.2. The van der Waals surface area contributed by atoms with Crippen LogP contribution in [0.3, 0.4) is 0 Å². The molecule has 1 aliphatic carbocycles. The lowest BCUT2D eigenvalue weighted by atomic mass is 9.87. The van der Waals surface area contributed by atoms with E-state index in [1.165, 1.54) is 24.8 Å². The lowest BCUT2D eigenvalue weighted by Gasteiger charge is -2.48. The molecule has 5 atom stereocenters. The highest BCUT2D eigenvalue weighted by Crippen LogP contribution is 2.32. The van der Waals surface area contributed by atoms with E-state index in [0.29, 0.717) is 30.6 Å². The van der Waals surface area contributed by atoms with Gasteiger partial charge in [-0.2, -0.15) is 0 Å². The van der Waals surface area contributed by atoms with Crippen LogP contribution in [0.15, 0.2) is 54.6 Å². The largest absolute Gasteiger partial charge is 0.341 e. The number of carbonyl (C=O) groups excluding carboxylic acids is 2. The van der Waals surface area contributed by atoms with Gasteiger partial charge < -0.3 is 25.3 Å². The average Bonchev–Trinajstić information content (AvgIpc) is 3.03. The maximum atomic E-state index is 14.3. The van der Waals surface area contributed by atoms with E-state index in [0.717, 1.165) is 44.2 Å². The van der Waals surface area contributed by atoms with Crippen LogP contribution in [0.2, 0.25) is 5.02 Å². The summed E-state index contributed by atoms with van der Waals surface area (Å²) in [6.45, 7) is 4.49. The molecule has 3 fully saturated rings. The summed E-state index contributed by atoms with van der Waals surface area (Å²) in [6, 6.07) is 19.2. The second kappa shape index (κ2) is 14.9.